The summed E-state index contributed by atoms with van der Waals surface area (Å²) in [6.45, 7) is 2.02. The van der Waals surface area contributed by atoms with Gasteiger partial charge in [0, 0.05) is 28.9 Å². The third-order valence-corrected chi connectivity index (χ3v) is 4.52. The number of nitrogens with two attached hydrogens (primary N) is 1. The maximum Gasteiger partial charge on any atom is 0.422 e. The minimum absolute atomic E-state index is 0.219. The van der Waals surface area contributed by atoms with Gasteiger partial charge in [-0.3, -0.25) is 5.32 Å². The lowest BCUT2D eigenvalue weighted by Crippen LogP contribution is -2.83. The lowest BCUT2D eigenvalue weighted by molar-refractivity contribution is -0.460. The number of para-hydroxylation sites is 2. The largest absolute Gasteiger partial charge is 0.491 e. The van der Waals surface area contributed by atoms with Crippen LogP contribution >= 0.6 is 0 Å². The van der Waals surface area contributed by atoms with Crippen molar-refractivity contribution in [2.45, 2.75) is 6.92 Å². The highest BCUT2D eigenvalue weighted by molar-refractivity contribution is 5.93. The SMILES string of the molecule is COc1ccccc1[NH2+]C(=O)Nc1ccc(-c2ncnc3[nH]cc(C)c23)cc1. The Balaban J connectivity index is 1.52. The number of methoxy groups -OCH3 is 1. The van der Waals surface area contributed by atoms with Crippen LogP contribution in [0.3, 0.4) is 0 Å². The number of urea groups is 1. The molecule has 2 amide bonds. The lowest BCUT2D eigenvalue weighted by Gasteiger charge is -2.07. The molecule has 7 heteroatoms. The summed E-state index contributed by atoms with van der Waals surface area (Å²) in [5.74, 6) is 0.655. The number of aryl methyl sites for hydroxylation is 1. The second-order valence-electron chi connectivity index (χ2n) is 6.37. The number of quaternary nitrogens is 1. The molecular formula is C21H20N5O2+. The van der Waals surface area contributed by atoms with Crippen molar-refractivity contribution in [2.24, 2.45) is 0 Å². The highest BCUT2D eigenvalue weighted by Crippen LogP contribution is 2.28. The molecule has 4 N–H and O–H groups in total. The van der Waals surface area contributed by atoms with E-state index in [1.165, 1.54) is 5.32 Å². The van der Waals surface area contributed by atoms with Crippen LogP contribution in [0.4, 0.5) is 16.2 Å². The van der Waals surface area contributed by atoms with Gasteiger partial charge in [-0.15, -0.1) is 0 Å². The Morgan fingerprint density at radius 1 is 1.11 bits per heavy atom. The molecule has 7 nitrogen and oxygen atoms in total. The number of anilines is 1. The van der Waals surface area contributed by atoms with Gasteiger partial charge in [-0.2, -0.15) is 0 Å². The van der Waals surface area contributed by atoms with E-state index in [1.807, 2.05) is 61.7 Å². The van der Waals surface area contributed by atoms with E-state index in [9.17, 15) is 4.79 Å². The molecule has 0 unspecified atom stereocenters. The number of H-pyrrole nitrogens is 1. The predicted octanol–water partition coefficient (Wildman–Crippen LogP) is 3.37. The third-order valence-electron chi connectivity index (χ3n) is 4.52. The van der Waals surface area contributed by atoms with Gasteiger partial charge in [0.2, 0.25) is 0 Å². The molecule has 0 aliphatic rings. The van der Waals surface area contributed by atoms with Gasteiger partial charge < -0.3 is 9.72 Å². The number of rotatable bonds is 4. The minimum atomic E-state index is -0.219. The first-order valence-corrected chi connectivity index (χ1v) is 8.83. The summed E-state index contributed by atoms with van der Waals surface area (Å²) < 4.78 is 5.27. The van der Waals surface area contributed by atoms with Crippen molar-refractivity contribution in [3.63, 3.8) is 0 Å². The van der Waals surface area contributed by atoms with E-state index >= 15 is 0 Å². The van der Waals surface area contributed by atoms with Crippen molar-refractivity contribution in [1.82, 2.24) is 15.0 Å². The quantitative estimate of drug-likeness (QED) is 0.477. The summed E-state index contributed by atoms with van der Waals surface area (Å²) in [6.07, 6.45) is 3.47. The second kappa shape index (κ2) is 7.50. The second-order valence-corrected chi connectivity index (χ2v) is 6.37. The third kappa shape index (κ3) is 3.43. The monoisotopic (exact) mass is 374 g/mol. The number of carbonyl (C=O) groups is 1. The number of aromatic nitrogens is 3. The molecule has 0 bridgehead atoms. The topological polar surface area (TPSA) is 96.5 Å². The van der Waals surface area contributed by atoms with E-state index in [2.05, 4.69) is 20.3 Å². The summed E-state index contributed by atoms with van der Waals surface area (Å²) >= 11 is 0. The van der Waals surface area contributed by atoms with Crippen LogP contribution in [0.2, 0.25) is 0 Å². The van der Waals surface area contributed by atoms with Gasteiger partial charge in [-0.1, -0.05) is 24.3 Å². The Hall–Kier alpha value is -3.71. The first-order valence-electron chi connectivity index (χ1n) is 8.83. The van der Waals surface area contributed by atoms with Crippen LogP contribution in [0.25, 0.3) is 22.3 Å². The van der Waals surface area contributed by atoms with Crippen molar-refractivity contribution in [1.29, 1.82) is 0 Å². The van der Waals surface area contributed by atoms with Crippen LogP contribution in [0.1, 0.15) is 5.56 Å². The summed E-state index contributed by atoms with van der Waals surface area (Å²) in [5.41, 5.74) is 5.16. The first-order chi connectivity index (χ1) is 13.7. The Labute approximate surface area is 161 Å². The maximum absolute atomic E-state index is 12.3. The van der Waals surface area contributed by atoms with E-state index in [0.29, 0.717) is 11.4 Å². The molecule has 2 aromatic carbocycles. The molecule has 0 saturated carbocycles. The fraction of sp³-hybridized carbons (Fsp3) is 0.0952. The number of hydrogen-bond donors (Lipinski definition) is 3. The highest BCUT2D eigenvalue weighted by atomic mass is 16.5. The summed E-state index contributed by atoms with van der Waals surface area (Å²) in [6, 6.07) is 14.8. The van der Waals surface area contributed by atoms with E-state index in [1.54, 1.807) is 13.4 Å². The van der Waals surface area contributed by atoms with Crippen LogP contribution in [0.15, 0.2) is 61.1 Å². The lowest BCUT2D eigenvalue weighted by atomic mass is 10.1. The highest BCUT2D eigenvalue weighted by Gasteiger charge is 2.14. The van der Waals surface area contributed by atoms with Gasteiger partial charge in [0.25, 0.3) is 0 Å². The molecule has 2 aromatic heterocycles. The van der Waals surface area contributed by atoms with Crippen LogP contribution < -0.4 is 15.4 Å². The maximum atomic E-state index is 12.3. The van der Waals surface area contributed by atoms with E-state index in [4.69, 9.17) is 4.74 Å². The number of ether oxygens (including phenoxy) is 1. The van der Waals surface area contributed by atoms with E-state index < -0.39 is 0 Å². The summed E-state index contributed by atoms with van der Waals surface area (Å²) in [4.78, 5) is 24.2. The zero-order valence-corrected chi connectivity index (χ0v) is 15.6. The molecule has 140 valence electrons. The number of primary amides is 1. The zero-order valence-electron chi connectivity index (χ0n) is 15.6. The average Bonchev–Trinajstić information content (AvgIpc) is 3.10. The molecule has 0 spiro atoms. The number of aromatic amines is 1. The van der Waals surface area contributed by atoms with Gasteiger partial charge >= 0.3 is 6.03 Å². The van der Waals surface area contributed by atoms with Crippen LogP contribution in [-0.4, -0.2) is 28.1 Å². The average molecular weight is 374 g/mol. The van der Waals surface area contributed by atoms with Crippen molar-refractivity contribution in [3.05, 3.63) is 66.6 Å². The molecule has 4 aromatic rings. The zero-order chi connectivity index (χ0) is 19.5. The van der Waals surface area contributed by atoms with Gasteiger partial charge in [0.05, 0.1) is 12.8 Å². The molecular weight excluding hydrogens is 354 g/mol. The van der Waals surface area contributed by atoms with Crippen molar-refractivity contribution < 1.29 is 14.8 Å². The molecule has 0 radical (unpaired) electrons. The fourth-order valence-electron chi connectivity index (χ4n) is 3.15. The molecule has 0 saturated heterocycles. The summed E-state index contributed by atoms with van der Waals surface area (Å²) in [5, 5.41) is 5.40. The molecule has 0 aliphatic carbocycles. The van der Waals surface area contributed by atoms with Gasteiger partial charge in [-0.25, -0.2) is 20.1 Å². The first kappa shape index (κ1) is 17.7. The molecule has 2 heterocycles. The number of benzene rings is 2. The number of nitrogens with one attached hydrogen (secondary N) is 2. The minimum Gasteiger partial charge on any atom is -0.491 e. The Kier molecular flexibility index (Phi) is 4.74. The van der Waals surface area contributed by atoms with Crippen molar-refractivity contribution in [2.75, 3.05) is 12.4 Å². The van der Waals surface area contributed by atoms with E-state index in [-0.39, 0.29) is 6.03 Å². The molecule has 0 atom stereocenters. The van der Waals surface area contributed by atoms with E-state index in [0.717, 1.165) is 33.5 Å². The smallest absolute Gasteiger partial charge is 0.422 e. The van der Waals surface area contributed by atoms with Crippen molar-refractivity contribution in [3.8, 4) is 17.0 Å². The molecule has 4 rings (SSSR count). The van der Waals surface area contributed by atoms with Crippen LogP contribution in [0, 0.1) is 6.92 Å². The number of amides is 2. The van der Waals surface area contributed by atoms with Gasteiger partial charge in [0.1, 0.15) is 12.0 Å². The molecule has 28 heavy (non-hydrogen) atoms. The Bertz CT molecular complexity index is 1140. The van der Waals surface area contributed by atoms with Gasteiger partial charge in [0.15, 0.2) is 11.4 Å². The molecule has 0 fully saturated rings. The molecule has 0 aliphatic heterocycles. The number of hydrogen-bond acceptors (Lipinski definition) is 4. The summed E-state index contributed by atoms with van der Waals surface area (Å²) in [7, 11) is 1.58. The van der Waals surface area contributed by atoms with Crippen LogP contribution in [-0.2, 0) is 0 Å². The normalized spacial score (nSPS) is 10.8. The van der Waals surface area contributed by atoms with Crippen molar-refractivity contribution >= 4 is 28.4 Å². The number of nitrogens with zero attached hydrogens (tertiary/aromatic N) is 2. The predicted molar refractivity (Wildman–Crippen MR) is 108 cm³/mol. The van der Waals surface area contributed by atoms with Gasteiger partial charge in [-0.05, 0) is 30.7 Å². The standard InChI is InChI=1S/C21H19N5O2/c1-13-11-22-20-18(13)19(23-12-24-20)14-7-9-15(10-8-14)25-21(27)26-16-5-3-4-6-17(16)28-2/h3-12H,1-2H3,(H,22,23,24)(H2,25,26,27)/p+1. The number of carbonyl (C=O) groups excluding carboxylic acids is 1. The number of fused-ring (bicyclic) bond motifs is 1. The Morgan fingerprint density at radius 3 is 2.68 bits per heavy atom. The Morgan fingerprint density at radius 2 is 1.89 bits per heavy atom. The van der Waals surface area contributed by atoms with Crippen LogP contribution in [0.5, 0.6) is 5.75 Å². The fourth-order valence-corrected chi connectivity index (χ4v) is 3.15.